The first-order valence-electron chi connectivity index (χ1n) is 3.15. The Balaban J connectivity index is 3.19. The molecule has 0 bridgehead atoms. The van der Waals surface area contributed by atoms with Crippen molar-refractivity contribution in [3.63, 3.8) is 0 Å². The predicted molar refractivity (Wildman–Crippen MR) is 38.8 cm³/mol. The van der Waals surface area contributed by atoms with Gasteiger partial charge in [0.05, 0.1) is 6.21 Å². The Morgan fingerprint density at radius 1 is 1.80 bits per heavy atom. The number of hydrogen-bond donors (Lipinski definition) is 1. The zero-order valence-corrected chi connectivity index (χ0v) is 6.26. The minimum Gasteiger partial charge on any atom is -0.460 e. The van der Waals surface area contributed by atoms with E-state index in [1.54, 1.807) is 14.0 Å². The fourth-order valence-corrected chi connectivity index (χ4v) is 0.361. The summed E-state index contributed by atoms with van der Waals surface area (Å²) in [5.74, 6) is -0.206. The van der Waals surface area contributed by atoms with Gasteiger partial charge in [0.1, 0.15) is 6.61 Å². The molecule has 0 aliphatic rings. The smallest absolute Gasteiger partial charge is 0.305 e. The van der Waals surface area contributed by atoms with Crippen LogP contribution in [0.3, 0.4) is 0 Å². The molecule has 0 rings (SSSR count). The molecular formula is C6H12N2O2. The lowest BCUT2D eigenvalue weighted by Crippen LogP contribution is -2.06. The number of carbonyl (C=O) groups excluding carboxylic acids is 1. The van der Waals surface area contributed by atoms with E-state index in [9.17, 15) is 4.79 Å². The van der Waals surface area contributed by atoms with Crippen LogP contribution in [0.2, 0.25) is 0 Å². The monoisotopic (exact) mass is 144 g/mol. The molecule has 0 aromatic rings. The Morgan fingerprint density at radius 3 is 3.00 bits per heavy atom. The average molecular weight is 144 g/mol. The van der Waals surface area contributed by atoms with Gasteiger partial charge < -0.3 is 10.2 Å². The molecule has 0 fully saturated rings. The van der Waals surface area contributed by atoms with E-state index in [0.29, 0.717) is 6.42 Å². The zero-order valence-electron chi connectivity index (χ0n) is 6.26. The quantitative estimate of drug-likeness (QED) is 0.347. The number of nitrogens with one attached hydrogen (secondary N) is 1. The normalized spacial score (nSPS) is 9.80. The Hall–Kier alpha value is -1.06. The molecule has 4 heteroatoms. The first-order chi connectivity index (χ1) is 4.81. The van der Waals surface area contributed by atoms with E-state index >= 15 is 0 Å². The topological polar surface area (TPSA) is 50.7 Å². The van der Waals surface area contributed by atoms with Crippen LogP contribution in [-0.2, 0) is 9.53 Å². The molecule has 0 saturated carbocycles. The minimum atomic E-state index is -0.206. The summed E-state index contributed by atoms with van der Waals surface area (Å²) in [4.78, 5) is 10.5. The average Bonchev–Trinajstić information content (AvgIpc) is 1.98. The second-order valence-corrected chi connectivity index (χ2v) is 1.57. The standard InChI is InChI=1S/C6H12N2O2/c1-3-6(9)10-5-4-8-7-2/h4,7H,3,5H2,1-2H3. The summed E-state index contributed by atoms with van der Waals surface area (Å²) in [6.07, 6.45) is 1.90. The van der Waals surface area contributed by atoms with Gasteiger partial charge in [0.2, 0.25) is 0 Å². The van der Waals surface area contributed by atoms with Crippen molar-refractivity contribution in [2.75, 3.05) is 13.7 Å². The van der Waals surface area contributed by atoms with Crippen molar-refractivity contribution in [2.45, 2.75) is 13.3 Å². The molecule has 0 aromatic carbocycles. The van der Waals surface area contributed by atoms with E-state index < -0.39 is 0 Å². The molecule has 0 heterocycles. The van der Waals surface area contributed by atoms with Gasteiger partial charge in [0.25, 0.3) is 0 Å². The zero-order chi connectivity index (χ0) is 7.82. The van der Waals surface area contributed by atoms with Crippen LogP contribution < -0.4 is 5.43 Å². The molecule has 0 amide bonds. The first kappa shape index (κ1) is 8.94. The van der Waals surface area contributed by atoms with Gasteiger partial charge in [-0.2, -0.15) is 5.10 Å². The molecule has 4 nitrogen and oxygen atoms in total. The van der Waals surface area contributed by atoms with E-state index in [4.69, 9.17) is 0 Å². The summed E-state index contributed by atoms with van der Waals surface area (Å²) in [7, 11) is 1.68. The van der Waals surface area contributed by atoms with E-state index in [-0.39, 0.29) is 12.6 Å². The molecule has 10 heavy (non-hydrogen) atoms. The largest absolute Gasteiger partial charge is 0.460 e. The van der Waals surface area contributed by atoms with Gasteiger partial charge in [-0.3, -0.25) is 4.79 Å². The molecular weight excluding hydrogens is 132 g/mol. The molecule has 1 N–H and O–H groups in total. The van der Waals surface area contributed by atoms with Gasteiger partial charge in [-0.1, -0.05) is 6.92 Å². The molecule has 58 valence electrons. The third-order valence-electron chi connectivity index (χ3n) is 0.828. The van der Waals surface area contributed by atoms with Crippen molar-refractivity contribution >= 4 is 12.2 Å². The summed E-state index contributed by atoms with van der Waals surface area (Å²) < 4.78 is 4.66. The van der Waals surface area contributed by atoms with Crippen LogP contribution in [0.15, 0.2) is 5.10 Å². The van der Waals surface area contributed by atoms with Crippen LogP contribution in [0.1, 0.15) is 13.3 Å². The van der Waals surface area contributed by atoms with Crippen LogP contribution in [-0.4, -0.2) is 25.8 Å². The summed E-state index contributed by atoms with van der Waals surface area (Å²) in [6, 6.07) is 0. The fraction of sp³-hybridized carbons (Fsp3) is 0.667. The highest BCUT2D eigenvalue weighted by Gasteiger charge is 1.93. The minimum absolute atomic E-state index is 0.206. The number of nitrogens with zero attached hydrogens (tertiary/aromatic N) is 1. The lowest BCUT2D eigenvalue weighted by atomic mass is 10.5. The van der Waals surface area contributed by atoms with Crippen LogP contribution in [0.25, 0.3) is 0 Å². The summed E-state index contributed by atoms with van der Waals surface area (Å²) in [6.45, 7) is 1.99. The molecule has 0 aromatic heterocycles. The Kier molecular flexibility index (Phi) is 5.42. The van der Waals surface area contributed by atoms with Crippen molar-refractivity contribution in [3.8, 4) is 0 Å². The first-order valence-corrected chi connectivity index (χ1v) is 3.15. The maximum atomic E-state index is 10.5. The number of rotatable bonds is 4. The van der Waals surface area contributed by atoms with Crippen molar-refractivity contribution < 1.29 is 9.53 Å². The predicted octanol–water partition coefficient (Wildman–Crippen LogP) is 0.145. The third kappa shape index (κ3) is 5.08. The Morgan fingerprint density at radius 2 is 2.50 bits per heavy atom. The van der Waals surface area contributed by atoms with Gasteiger partial charge >= 0.3 is 5.97 Å². The lowest BCUT2D eigenvalue weighted by molar-refractivity contribution is -0.141. The van der Waals surface area contributed by atoms with Gasteiger partial charge in [0, 0.05) is 13.5 Å². The van der Waals surface area contributed by atoms with E-state index in [0.717, 1.165) is 0 Å². The van der Waals surface area contributed by atoms with Gasteiger partial charge in [-0.05, 0) is 0 Å². The van der Waals surface area contributed by atoms with E-state index in [1.807, 2.05) is 0 Å². The summed E-state index contributed by atoms with van der Waals surface area (Å²) in [5.41, 5.74) is 2.54. The highest BCUT2D eigenvalue weighted by molar-refractivity contribution is 5.71. The second kappa shape index (κ2) is 6.07. The van der Waals surface area contributed by atoms with Crippen molar-refractivity contribution in [3.05, 3.63) is 0 Å². The molecule has 0 aliphatic carbocycles. The summed E-state index contributed by atoms with van der Waals surface area (Å²) in [5, 5.41) is 3.63. The van der Waals surface area contributed by atoms with Crippen LogP contribution in [0, 0.1) is 0 Å². The summed E-state index contributed by atoms with van der Waals surface area (Å²) >= 11 is 0. The molecule has 0 radical (unpaired) electrons. The number of carbonyl (C=O) groups is 1. The third-order valence-corrected chi connectivity index (χ3v) is 0.828. The lowest BCUT2D eigenvalue weighted by Gasteiger charge is -1.95. The second-order valence-electron chi connectivity index (χ2n) is 1.57. The number of ether oxygens (including phenoxy) is 1. The number of esters is 1. The van der Waals surface area contributed by atoms with Crippen molar-refractivity contribution in [1.82, 2.24) is 5.43 Å². The van der Waals surface area contributed by atoms with Gasteiger partial charge in [-0.25, -0.2) is 0 Å². The molecule has 0 spiro atoms. The van der Waals surface area contributed by atoms with E-state index in [2.05, 4.69) is 15.3 Å². The van der Waals surface area contributed by atoms with Gasteiger partial charge in [-0.15, -0.1) is 0 Å². The maximum Gasteiger partial charge on any atom is 0.305 e. The van der Waals surface area contributed by atoms with Crippen LogP contribution in [0.5, 0.6) is 0 Å². The van der Waals surface area contributed by atoms with Crippen molar-refractivity contribution in [2.24, 2.45) is 5.10 Å². The Bertz CT molecular complexity index is 123. The number of hydrogen-bond acceptors (Lipinski definition) is 4. The molecule has 0 atom stereocenters. The van der Waals surface area contributed by atoms with Crippen LogP contribution >= 0.6 is 0 Å². The highest BCUT2D eigenvalue weighted by Crippen LogP contribution is 1.80. The van der Waals surface area contributed by atoms with Crippen molar-refractivity contribution in [1.29, 1.82) is 0 Å². The van der Waals surface area contributed by atoms with Crippen LogP contribution in [0.4, 0.5) is 0 Å². The Labute approximate surface area is 60.3 Å². The molecule has 0 aliphatic heterocycles. The highest BCUT2D eigenvalue weighted by atomic mass is 16.5. The van der Waals surface area contributed by atoms with Gasteiger partial charge in [0.15, 0.2) is 0 Å². The molecule has 0 unspecified atom stereocenters. The fourth-order valence-electron chi connectivity index (χ4n) is 0.361. The molecule has 0 saturated heterocycles. The number of hydrazone groups is 1. The SMILES string of the molecule is CCC(=O)OCC=NNC. The maximum absolute atomic E-state index is 10.5. The van der Waals surface area contributed by atoms with E-state index in [1.165, 1.54) is 6.21 Å².